The van der Waals surface area contributed by atoms with Crippen molar-refractivity contribution in [2.75, 3.05) is 0 Å². The van der Waals surface area contributed by atoms with Gasteiger partial charge in [0.1, 0.15) is 0 Å². The number of hydrogen-bond acceptors (Lipinski definition) is 0. The molecule has 0 radical (unpaired) electrons. The summed E-state index contributed by atoms with van der Waals surface area (Å²) in [5, 5.41) is 0. The minimum Gasteiger partial charge on any atom is -0.358 e. The predicted molar refractivity (Wildman–Crippen MR) is 52.3 cm³/mol. The second kappa shape index (κ2) is 32.3. The Hall–Kier alpha value is 0.0383. The van der Waals surface area contributed by atoms with E-state index < -0.39 is 0 Å². The molecule has 0 bridgehead atoms. The molecular weight excluding hydrogens is 315 g/mol. The van der Waals surface area contributed by atoms with E-state index in [1.807, 2.05) is 30.3 Å². The summed E-state index contributed by atoms with van der Waals surface area (Å²) in [6.07, 6.45) is 0. The molecule has 11 heavy (non-hydrogen) atoms. The summed E-state index contributed by atoms with van der Waals surface area (Å²) in [7, 11) is 0. The summed E-state index contributed by atoms with van der Waals surface area (Å²) in [6, 6.07) is 10.0. The Morgan fingerprint density at radius 3 is 1.27 bits per heavy atom. The van der Waals surface area contributed by atoms with Gasteiger partial charge in [-0.25, -0.2) is 12.1 Å². The van der Waals surface area contributed by atoms with Crippen LogP contribution in [0.3, 0.4) is 0 Å². The van der Waals surface area contributed by atoms with E-state index in [2.05, 4.69) is 6.92 Å². The molecule has 0 aliphatic heterocycles. The molecule has 0 saturated heterocycles. The van der Waals surface area contributed by atoms with Crippen LogP contribution in [0.15, 0.2) is 30.3 Å². The third kappa shape index (κ3) is 25.6. The molecule has 1 aromatic rings. The van der Waals surface area contributed by atoms with Crippen molar-refractivity contribution in [3.05, 3.63) is 59.5 Å². The van der Waals surface area contributed by atoms with Gasteiger partial charge in [-0.05, 0) is 0 Å². The Kier molecular flexibility index (Phi) is 89.6. The van der Waals surface area contributed by atoms with Crippen LogP contribution in [0, 0.1) is 29.2 Å². The van der Waals surface area contributed by atoms with Crippen LogP contribution in [0.25, 0.3) is 0 Å². The quantitative estimate of drug-likeness (QED) is 0.636. The van der Waals surface area contributed by atoms with Crippen molar-refractivity contribution < 1.29 is 21.1 Å². The topological polar surface area (TPSA) is 0 Å². The number of hydrogen-bond donors (Lipinski definition) is 0. The first-order valence-corrected chi connectivity index (χ1v) is 2.37. The van der Waals surface area contributed by atoms with Crippen molar-refractivity contribution in [1.29, 1.82) is 0 Å². The molecule has 0 aliphatic carbocycles. The molecule has 1 aromatic carbocycles. The van der Waals surface area contributed by atoms with Gasteiger partial charge >= 0.3 is 0 Å². The van der Waals surface area contributed by atoms with Gasteiger partial charge in [-0.1, -0.05) is 0 Å². The smallest absolute Gasteiger partial charge is 0 e. The van der Waals surface area contributed by atoms with Crippen LogP contribution in [0.2, 0.25) is 0 Å². The minimum atomic E-state index is 0. The zero-order valence-electron chi connectivity index (χ0n) is 7.91. The van der Waals surface area contributed by atoms with Crippen LogP contribution in [0.4, 0.5) is 0 Å². The maximum Gasteiger partial charge on any atom is 0 e. The molecule has 0 saturated carbocycles. The largest absolute Gasteiger partial charge is 0.358 e. The average Bonchev–Trinajstić information content (AvgIpc) is 2.23. The first-order chi connectivity index (χ1) is 3.50. The summed E-state index contributed by atoms with van der Waals surface area (Å²) in [6.45, 7) is 5.00. The van der Waals surface area contributed by atoms with Gasteiger partial charge in [-0.3, -0.25) is 0 Å². The van der Waals surface area contributed by atoms with E-state index in [1.165, 1.54) is 0 Å². The molecule has 0 aliphatic rings. The average molecular weight is 334 g/mol. The first kappa shape index (κ1) is 30.5. The zero-order chi connectivity index (χ0) is 5.54. The molecule has 0 unspecified atom stereocenters. The van der Waals surface area contributed by atoms with E-state index >= 15 is 0 Å². The Morgan fingerprint density at radius 2 is 1.18 bits per heavy atom. The summed E-state index contributed by atoms with van der Waals surface area (Å²) in [5.74, 6) is 0. The molecule has 0 spiro atoms. The van der Waals surface area contributed by atoms with Crippen molar-refractivity contribution in [3.8, 4) is 0 Å². The van der Waals surface area contributed by atoms with Crippen LogP contribution in [-0.2, 0) is 21.1 Å². The van der Waals surface area contributed by atoms with Gasteiger partial charge in [0, 0.05) is 21.1 Å². The Labute approximate surface area is 87.7 Å². The summed E-state index contributed by atoms with van der Waals surface area (Å²) >= 11 is 0. The Morgan fingerprint density at radius 1 is 0.909 bits per heavy atom. The zero-order valence-corrected chi connectivity index (χ0v) is 10.2. The van der Waals surface area contributed by atoms with Gasteiger partial charge in [0.15, 0.2) is 0 Å². The second-order valence-corrected chi connectivity index (χ2v) is 0.962. The fraction of sp³-hybridized carbons (Fsp3) is 0.100. The third-order valence-corrected chi connectivity index (χ3v) is 0.556. The first-order valence-electron chi connectivity index (χ1n) is 2.37. The molecule has 1 rings (SSSR count). The van der Waals surface area contributed by atoms with E-state index in [4.69, 9.17) is 0 Å². The predicted octanol–water partition coefficient (Wildman–Crippen LogP) is 3.59. The Bertz CT molecular complexity index is 61.3. The van der Waals surface area contributed by atoms with Crippen molar-refractivity contribution in [3.63, 3.8) is 0 Å². The van der Waals surface area contributed by atoms with Crippen LogP contribution in [0.1, 0.15) is 6.92 Å². The van der Waals surface area contributed by atoms with Crippen molar-refractivity contribution >= 4 is 0 Å². The molecule has 1 heteroatoms. The van der Waals surface area contributed by atoms with E-state index in [-0.39, 0.29) is 43.3 Å². The molecule has 0 fully saturated rings. The van der Waals surface area contributed by atoms with E-state index in [1.54, 1.807) is 6.92 Å². The molecule has 74 valence electrons. The molecule has 0 nitrogen and oxygen atoms in total. The van der Waals surface area contributed by atoms with Gasteiger partial charge in [-0.15, -0.1) is 0 Å². The second-order valence-electron chi connectivity index (χ2n) is 0.962. The van der Waals surface area contributed by atoms with Crippen LogP contribution in [0.5, 0.6) is 0 Å². The van der Waals surface area contributed by atoms with Crippen molar-refractivity contribution in [2.45, 2.75) is 6.92 Å². The van der Waals surface area contributed by atoms with Crippen LogP contribution in [-0.4, -0.2) is 0 Å². The molecule has 0 amide bonds. The maximum atomic E-state index is 3.25. The SMILES string of the molecule is [CH2-]C.[CH3-].[CH3-].[CH3-].[Pt].c1cc[cH-]c1. The summed E-state index contributed by atoms with van der Waals surface area (Å²) in [4.78, 5) is 0. The summed E-state index contributed by atoms with van der Waals surface area (Å²) in [5.41, 5.74) is 0. The Balaban J connectivity index is -0.0000000189. The molecule has 0 atom stereocenters. The molecule has 0 N–H and O–H groups in total. The molecular formula is C10H19Pt-5. The van der Waals surface area contributed by atoms with E-state index in [0.717, 1.165) is 0 Å². The van der Waals surface area contributed by atoms with Crippen molar-refractivity contribution in [2.24, 2.45) is 0 Å². The molecule has 0 heterocycles. The summed E-state index contributed by atoms with van der Waals surface area (Å²) < 4.78 is 0. The van der Waals surface area contributed by atoms with E-state index in [9.17, 15) is 0 Å². The third-order valence-electron chi connectivity index (χ3n) is 0.556. The van der Waals surface area contributed by atoms with Gasteiger partial charge in [0.05, 0.1) is 0 Å². The van der Waals surface area contributed by atoms with E-state index in [0.29, 0.717) is 0 Å². The van der Waals surface area contributed by atoms with Gasteiger partial charge < -0.3 is 29.2 Å². The standard InChI is InChI=1S/C5H5.C2H5.3CH3.Pt/c1-2-4-5-3-1;1-2;;;;/h1-5H;1H2,2H3;3*1H3;/q5*-1;. The van der Waals surface area contributed by atoms with Crippen molar-refractivity contribution in [1.82, 2.24) is 0 Å². The van der Waals surface area contributed by atoms with Crippen LogP contribution < -0.4 is 0 Å². The number of rotatable bonds is 0. The monoisotopic (exact) mass is 334 g/mol. The van der Waals surface area contributed by atoms with Gasteiger partial charge in [0.2, 0.25) is 0 Å². The van der Waals surface area contributed by atoms with Crippen LogP contribution >= 0.6 is 0 Å². The minimum absolute atomic E-state index is 0. The fourth-order valence-electron chi connectivity index (χ4n) is 0.321. The molecule has 0 aromatic heterocycles. The maximum absolute atomic E-state index is 3.25. The van der Waals surface area contributed by atoms with Gasteiger partial charge in [0.25, 0.3) is 0 Å². The normalized spacial score (nSPS) is 4.18. The fourth-order valence-corrected chi connectivity index (χ4v) is 0.321. The van der Waals surface area contributed by atoms with Gasteiger partial charge in [-0.2, -0.15) is 25.1 Å².